The van der Waals surface area contributed by atoms with Crippen molar-refractivity contribution < 1.29 is 4.39 Å². The number of halogens is 3. The third kappa shape index (κ3) is 3.41. The van der Waals surface area contributed by atoms with Gasteiger partial charge in [0.1, 0.15) is 5.82 Å². The van der Waals surface area contributed by atoms with E-state index in [-0.39, 0.29) is 11.9 Å². The number of nitrogens with zero attached hydrogens (tertiary/aromatic N) is 1. The molecule has 1 aromatic carbocycles. The molecular formula is C15H15Cl2FN2S. The molecular weight excluding hydrogens is 330 g/mol. The van der Waals surface area contributed by atoms with E-state index in [0.717, 1.165) is 31.1 Å². The van der Waals surface area contributed by atoms with Crippen molar-refractivity contribution in [1.29, 1.82) is 0 Å². The molecule has 1 N–H and O–H groups in total. The van der Waals surface area contributed by atoms with E-state index in [2.05, 4.69) is 10.2 Å². The zero-order valence-electron chi connectivity index (χ0n) is 11.3. The number of hydrogen-bond donors (Lipinski definition) is 1. The minimum absolute atomic E-state index is 0.136. The molecule has 0 radical (unpaired) electrons. The minimum Gasteiger partial charge on any atom is -0.314 e. The molecule has 0 bridgehead atoms. The number of rotatable bonds is 3. The summed E-state index contributed by atoms with van der Waals surface area (Å²) in [5, 5.41) is 3.87. The fourth-order valence-corrected chi connectivity index (χ4v) is 4.07. The zero-order valence-corrected chi connectivity index (χ0v) is 13.6. The lowest BCUT2D eigenvalue weighted by molar-refractivity contribution is 0.197. The Morgan fingerprint density at radius 3 is 2.57 bits per heavy atom. The summed E-state index contributed by atoms with van der Waals surface area (Å²) >= 11 is 13.6. The fourth-order valence-electron chi connectivity index (χ4n) is 2.67. The van der Waals surface area contributed by atoms with Gasteiger partial charge >= 0.3 is 0 Å². The van der Waals surface area contributed by atoms with Gasteiger partial charge in [-0.25, -0.2) is 4.39 Å². The summed E-state index contributed by atoms with van der Waals surface area (Å²) in [6.45, 7) is 3.54. The number of hydrogen-bond acceptors (Lipinski definition) is 3. The summed E-state index contributed by atoms with van der Waals surface area (Å²) in [7, 11) is 0. The molecule has 0 amide bonds. The van der Waals surface area contributed by atoms with E-state index in [9.17, 15) is 4.39 Å². The topological polar surface area (TPSA) is 15.3 Å². The van der Waals surface area contributed by atoms with E-state index in [1.165, 1.54) is 17.4 Å². The molecule has 112 valence electrons. The van der Waals surface area contributed by atoms with Crippen LogP contribution >= 0.6 is 34.5 Å². The Bertz CT molecular complexity index is 626. The van der Waals surface area contributed by atoms with Crippen LogP contribution < -0.4 is 5.32 Å². The van der Waals surface area contributed by atoms with Crippen molar-refractivity contribution in [2.75, 3.05) is 26.2 Å². The van der Waals surface area contributed by atoms with Crippen molar-refractivity contribution >= 4 is 34.5 Å². The Morgan fingerprint density at radius 2 is 1.90 bits per heavy atom. The summed E-state index contributed by atoms with van der Waals surface area (Å²) in [5.41, 5.74) is 0.614. The first-order valence-electron chi connectivity index (χ1n) is 6.80. The summed E-state index contributed by atoms with van der Waals surface area (Å²) in [4.78, 5) is 3.32. The molecule has 1 aliphatic rings. The van der Waals surface area contributed by atoms with Crippen molar-refractivity contribution in [3.63, 3.8) is 0 Å². The van der Waals surface area contributed by atoms with Gasteiger partial charge in [0.05, 0.1) is 10.4 Å². The maximum Gasteiger partial charge on any atom is 0.128 e. The van der Waals surface area contributed by atoms with Crippen LogP contribution in [-0.4, -0.2) is 31.1 Å². The number of nitrogens with one attached hydrogen (secondary N) is 1. The van der Waals surface area contributed by atoms with Gasteiger partial charge in [0.2, 0.25) is 0 Å². The van der Waals surface area contributed by atoms with Crippen LogP contribution in [0.4, 0.5) is 4.39 Å². The Balaban J connectivity index is 2.04. The van der Waals surface area contributed by atoms with Gasteiger partial charge in [0.15, 0.2) is 0 Å². The molecule has 1 aliphatic heterocycles. The second-order valence-electron chi connectivity index (χ2n) is 5.00. The molecule has 0 spiro atoms. The van der Waals surface area contributed by atoms with Crippen molar-refractivity contribution in [3.05, 3.63) is 55.9 Å². The Hall–Kier alpha value is -0.650. The lowest BCUT2D eigenvalue weighted by Crippen LogP contribution is -2.45. The van der Waals surface area contributed by atoms with Gasteiger partial charge in [0, 0.05) is 41.6 Å². The van der Waals surface area contributed by atoms with Gasteiger partial charge in [-0.2, -0.15) is 0 Å². The maximum atomic E-state index is 14.3. The Kier molecular flexibility index (Phi) is 4.82. The predicted molar refractivity (Wildman–Crippen MR) is 87.0 cm³/mol. The molecule has 1 atom stereocenters. The summed E-state index contributed by atoms with van der Waals surface area (Å²) in [6.07, 6.45) is 0. The first kappa shape index (κ1) is 15.3. The molecule has 2 aromatic rings. The van der Waals surface area contributed by atoms with E-state index in [1.54, 1.807) is 12.1 Å². The maximum absolute atomic E-state index is 14.3. The van der Waals surface area contributed by atoms with Crippen molar-refractivity contribution in [2.45, 2.75) is 6.04 Å². The second kappa shape index (κ2) is 6.63. The highest BCUT2D eigenvalue weighted by Crippen LogP contribution is 2.37. The smallest absolute Gasteiger partial charge is 0.128 e. The highest BCUT2D eigenvalue weighted by Gasteiger charge is 2.27. The van der Waals surface area contributed by atoms with Gasteiger partial charge in [-0.05, 0) is 30.3 Å². The van der Waals surface area contributed by atoms with Crippen molar-refractivity contribution in [1.82, 2.24) is 10.2 Å². The third-order valence-corrected chi connectivity index (χ3v) is 5.15. The van der Waals surface area contributed by atoms with Crippen LogP contribution in [0.15, 0.2) is 30.3 Å². The number of thiophene rings is 1. The summed E-state index contributed by atoms with van der Waals surface area (Å²) < 4.78 is 15.1. The third-order valence-electron chi connectivity index (χ3n) is 3.63. The highest BCUT2D eigenvalue weighted by molar-refractivity contribution is 7.16. The molecule has 3 rings (SSSR count). The van der Waals surface area contributed by atoms with Crippen molar-refractivity contribution in [2.24, 2.45) is 0 Å². The van der Waals surface area contributed by atoms with E-state index < -0.39 is 0 Å². The first-order chi connectivity index (χ1) is 10.1. The van der Waals surface area contributed by atoms with E-state index in [1.807, 2.05) is 12.1 Å². The predicted octanol–water partition coefficient (Wildman–Crippen LogP) is 4.19. The van der Waals surface area contributed by atoms with Crippen LogP contribution in [0.3, 0.4) is 0 Å². The summed E-state index contributed by atoms with van der Waals surface area (Å²) in [5.74, 6) is -0.229. The van der Waals surface area contributed by atoms with Crippen LogP contribution in [0.5, 0.6) is 0 Å². The molecule has 21 heavy (non-hydrogen) atoms. The minimum atomic E-state index is -0.229. The normalized spacial score (nSPS) is 17.9. The lowest BCUT2D eigenvalue weighted by Gasteiger charge is -2.35. The molecule has 6 heteroatoms. The second-order valence-corrected chi connectivity index (χ2v) is 7.18. The Labute approximate surface area is 137 Å². The number of piperazine rings is 1. The molecule has 0 unspecified atom stereocenters. The monoisotopic (exact) mass is 344 g/mol. The molecule has 0 saturated carbocycles. The fraction of sp³-hybridized carbons (Fsp3) is 0.333. The van der Waals surface area contributed by atoms with Gasteiger partial charge in [-0.3, -0.25) is 4.90 Å². The van der Waals surface area contributed by atoms with Gasteiger partial charge in [-0.15, -0.1) is 11.3 Å². The average molecular weight is 345 g/mol. The first-order valence-corrected chi connectivity index (χ1v) is 8.37. The molecule has 2 heterocycles. The van der Waals surface area contributed by atoms with Crippen LogP contribution in [0.1, 0.15) is 16.5 Å². The highest BCUT2D eigenvalue weighted by atomic mass is 35.5. The van der Waals surface area contributed by atoms with Gasteiger partial charge < -0.3 is 5.32 Å². The number of benzene rings is 1. The van der Waals surface area contributed by atoms with E-state index >= 15 is 0 Å². The van der Waals surface area contributed by atoms with E-state index in [4.69, 9.17) is 23.2 Å². The Morgan fingerprint density at radius 1 is 1.14 bits per heavy atom. The van der Waals surface area contributed by atoms with Gasteiger partial charge in [0.25, 0.3) is 0 Å². The quantitative estimate of drug-likeness (QED) is 0.897. The van der Waals surface area contributed by atoms with Crippen LogP contribution in [0, 0.1) is 5.82 Å². The molecule has 1 fully saturated rings. The standard InChI is InChI=1S/C15H15Cl2FN2S/c16-10-1-2-12(18)11(9-10)15(13-3-4-14(17)21-13)20-7-5-19-6-8-20/h1-4,9,15,19H,5-8H2/t15-/m0/s1. The van der Waals surface area contributed by atoms with E-state index in [0.29, 0.717) is 14.9 Å². The van der Waals surface area contributed by atoms with Crippen LogP contribution in [0.25, 0.3) is 0 Å². The molecule has 1 saturated heterocycles. The van der Waals surface area contributed by atoms with Crippen molar-refractivity contribution in [3.8, 4) is 0 Å². The summed E-state index contributed by atoms with van der Waals surface area (Å²) in [6, 6.07) is 8.43. The van der Waals surface area contributed by atoms with Crippen LogP contribution in [-0.2, 0) is 0 Å². The zero-order chi connectivity index (χ0) is 14.8. The molecule has 0 aliphatic carbocycles. The molecule has 2 nitrogen and oxygen atoms in total. The molecule has 1 aromatic heterocycles. The van der Waals surface area contributed by atoms with Crippen LogP contribution in [0.2, 0.25) is 9.36 Å². The SMILES string of the molecule is Fc1ccc(Cl)cc1[C@@H](c1ccc(Cl)s1)N1CCNCC1. The largest absolute Gasteiger partial charge is 0.314 e. The lowest BCUT2D eigenvalue weighted by atomic mass is 10.0. The average Bonchev–Trinajstić information content (AvgIpc) is 2.90. The van der Waals surface area contributed by atoms with Gasteiger partial charge in [-0.1, -0.05) is 23.2 Å².